The highest BCUT2D eigenvalue weighted by Crippen LogP contribution is 2.31. The summed E-state index contributed by atoms with van der Waals surface area (Å²) in [6.45, 7) is 4.60. The third kappa shape index (κ3) is 2.50. The SMILES string of the molecule is Cc1cc(=O)c(C(=O)N2CCOc3ccccc3C2C)c[nH]1. The Hall–Kier alpha value is -2.56. The lowest BCUT2D eigenvalue weighted by Crippen LogP contribution is -2.37. The molecular formula is C17H18N2O3. The molecule has 3 rings (SSSR count). The zero-order valence-corrected chi connectivity index (χ0v) is 12.6. The highest BCUT2D eigenvalue weighted by atomic mass is 16.5. The van der Waals surface area contributed by atoms with Crippen molar-refractivity contribution < 1.29 is 9.53 Å². The number of carbonyl (C=O) groups excluding carboxylic acids is 1. The van der Waals surface area contributed by atoms with Gasteiger partial charge in [0, 0.05) is 23.5 Å². The van der Waals surface area contributed by atoms with E-state index in [1.807, 2.05) is 31.2 Å². The zero-order chi connectivity index (χ0) is 15.7. The predicted octanol–water partition coefficient (Wildman–Crippen LogP) is 2.28. The number of aromatic amines is 1. The molecule has 1 aromatic heterocycles. The Labute approximate surface area is 128 Å². The van der Waals surface area contributed by atoms with Crippen LogP contribution in [0, 0.1) is 6.92 Å². The molecule has 1 atom stereocenters. The van der Waals surface area contributed by atoms with Crippen LogP contribution in [0.3, 0.4) is 0 Å². The number of nitrogens with one attached hydrogen (secondary N) is 1. The smallest absolute Gasteiger partial charge is 0.259 e. The summed E-state index contributed by atoms with van der Waals surface area (Å²) in [5.74, 6) is 0.525. The molecule has 2 aromatic rings. The molecule has 0 bridgehead atoms. The molecule has 0 radical (unpaired) electrons. The van der Waals surface area contributed by atoms with Gasteiger partial charge in [-0.25, -0.2) is 0 Å². The predicted molar refractivity (Wildman–Crippen MR) is 83.2 cm³/mol. The second-order valence-electron chi connectivity index (χ2n) is 5.45. The lowest BCUT2D eigenvalue weighted by Gasteiger charge is -2.26. The summed E-state index contributed by atoms with van der Waals surface area (Å²) in [5.41, 5.74) is 1.60. The minimum Gasteiger partial charge on any atom is -0.491 e. The number of nitrogens with zero attached hydrogens (tertiary/aromatic N) is 1. The number of hydrogen-bond acceptors (Lipinski definition) is 3. The first-order valence-corrected chi connectivity index (χ1v) is 7.30. The number of H-pyrrole nitrogens is 1. The molecule has 0 spiro atoms. The number of fused-ring (bicyclic) bond motifs is 1. The van der Waals surface area contributed by atoms with Crippen LogP contribution >= 0.6 is 0 Å². The van der Waals surface area contributed by atoms with Gasteiger partial charge in [0.15, 0.2) is 5.43 Å². The van der Waals surface area contributed by atoms with E-state index in [9.17, 15) is 9.59 Å². The number of rotatable bonds is 1. The van der Waals surface area contributed by atoms with E-state index >= 15 is 0 Å². The lowest BCUT2D eigenvalue weighted by atomic mass is 10.1. The van der Waals surface area contributed by atoms with Gasteiger partial charge in [0.1, 0.15) is 17.9 Å². The van der Waals surface area contributed by atoms with Crippen molar-refractivity contribution in [2.75, 3.05) is 13.2 Å². The molecule has 114 valence electrons. The molecule has 0 fully saturated rings. The van der Waals surface area contributed by atoms with Crippen LogP contribution in [0.4, 0.5) is 0 Å². The minimum atomic E-state index is -0.269. The number of hydrogen-bond donors (Lipinski definition) is 1. The van der Waals surface area contributed by atoms with Crippen LogP contribution < -0.4 is 10.2 Å². The van der Waals surface area contributed by atoms with Gasteiger partial charge in [-0.1, -0.05) is 18.2 Å². The number of aromatic nitrogens is 1. The molecule has 1 aliphatic heterocycles. The van der Waals surface area contributed by atoms with Crippen molar-refractivity contribution in [2.24, 2.45) is 0 Å². The van der Waals surface area contributed by atoms with Gasteiger partial charge in [-0.2, -0.15) is 0 Å². The topological polar surface area (TPSA) is 62.4 Å². The lowest BCUT2D eigenvalue weighted by molar-refractivity contribution is 0.0680. The molecule has 1 aliphatic rings. The first kappa shape index (κ1) is 14.4. The standard InChI is InChI=1S/C17H18N2O3/c1-11-9-15(20)14(10-18-11)17(21)19-7-8-22-16-6-4-3-5-13(16)12(19)2/h3-6,9-10,12H,7-8H2,1-2H3,(H,18,20). The van der Waals surface area contributed by atoms with Crippen molar-refractivity contribution in [2.45, 2.75) is 19.9 Å². The van der Waals surface area contributed by atoms with Crippen LogP contribution in [0.5, 0.6) is 5.75 Å². The number of ether oxygens (including phenoxy) is 1. The Morgan fingerprint density at radius 1 is 1.36 bits per heavy atom. The van der Waals surface area contributed by atoms with Crippen molar-refractivity contribution in [3.8, 4) is 5.75 Å². The van der Waals surface area contributed by atoms with Gasteiger partial charge in [0.25, 0.3) is 5.91 Å². The second kappa shape index (κ2) is 5.67. The van der Waals surface area contributed by atoms with Gasteiger partial charge in [0.2, 0.25) is 0 Å². The number of aryl methyl sites for hydroxylation is 1. The average Bonchev–Trinajstić information content (AvgIpc) is 2.66. The Bertz CT molecular complexity index is 766. The molecule has 0 aliphatic carbocycles. The Morgan fingerprint density at radius 3 is 2.91 bits per heavy atom. The van der Waals surface area contributed by atoms with E-state index in [4.69, 9.17) is 4.74 Å². The molecule has 0 saturated heterocycles. The second-order valence-corrected chi connectivity index (χ2v) is 5.45. The summed E-state index contributed by atoms with van der Waals surface area (Å²) in [6.07, 6.45) is 1.49. The van der Waals surface area contributed by atoms with Crippen molar-refractivity contribution in [1.29, 1.82) is 0 Å². The summed E-state index contributed by atoms with van der Waals surface area (Å²) in [5, 5.41) is 0. The first-order chi connectivity index (χ1) is 10.6. The maximum absolute atomic E-state index is 12.8. The quantitative estimate of drug-likeness (QED) is 0.878. The fourth-order valence-corrected chi connectivity index (χ4v) is 2.75. The first-order valence-electron chi connectivity index (χ1n) is 7.30. The Morgan fingerprint density at radius 2 is 2.14 bits per heavy atom. The maximum atomic E-state index is 12.8. The summed E-state index contributed by atoms with van der Waals surface area (Å²) in [7, 11) is 0. The number of benzene rings is 1. The normalized spacial score (nSPS) is 17.4. The van der Waals surface area contributed by atoms with E-state index in [1.165, 1.54) is 12.3 Å². The van der Waals surface area contributed by atoms with Gasteiger partial charge in [-0.05, 0) is 19.9 Å². The van der Waals surface area contributed by atoms with Crippen molar-refractivity contribution in [1.82, 2.24) is 9.88 Å². The van der Waals surface area contributed by atoms with Crippen molar-refractivity contribution >= 4 is 5.91 Å². The molecule has 1 N–H and O–H groups in total. The van der Waals surface area contributed by atoms with E-state index < -0.39 is 0 Å². The molecule has 5 nitrogen and oxygen atoms in total. The van der Waals surface area contributed by atoms with E-state index in [2.05, 4.69) is 4.98 Å². The van der Waals surface area contributed by atoms with E-state index in [1.54, 1.807) is 11.8 Å². The fourth-order valence-electron chi connectivity index (χ4n) is 2.75. The van der Waals surface area contributed by atoms with Gasteiger partial charge in [0.05, 0.1) is 12.6 Å². The highest BCUT2D eigenvalue weighted by molar-refractivity contribution is 5.94. The minimum absolute atomic E-state index is 0.146. The fraction of sp³-hybridized carbons (Fsp3) is 0.294. The van der Waals surface area contributed by atoms with E-state index in [0.29, 0.717) is 13.2 Å². The average molecular weight is 298 g/mol. The number of pyridine rings is 1. The van der Waals surface area contributed by atoms with Gasteiger partial charge in [-0.15, -0.1) is 0 Å². The maximum Gasteiger partial charge on any atom is 0.259 e. The van der Waals surface area contributed by atoms with Crippen LogP contribution in [0.1, 0.15) is 34.6 Å². The summed E-state index contributed by atoms with van der Waals surface area (Å²) < 4.78 is 5.70. The summed E-state index contributed by atoms with van der Waals surface area (Å²) in [4.78, 5) is 29.4. The Balaban J connectivity index is 1.97. The molecule has 5 heteroatoms. The molecule has 0 saturated carbocycles. The van der Waals surface area contributed by atoms with Crippen LogP contribution in [0.2, 0.25) is 0 Å². The van der Waals surface area contributed by atoms with Crippen LogP contribution in [-0.2, 0) is 0 Å². The van der Waals surface area contributed by atoms with Crippen LogP contribution in [-0.4, -0.2) is 28.9 Å². The van der Waals surface area contributed by atoms with Gasteiger partial charge in [-0.3, -0.25) is 9.59 Å². The molecule has 1 unspecified atom stereocenters. The van der Waals surface area contributed by atoms with Gasteiger partial charge >= 0.3 is 0 Å². The van der Waals surface area contributed by atoms with Crippen LogP contribution in [0.15, 0.2) is 41.3 Å². The number of amides is 1. The Kier molecular flexibility index (Phi) is 3.71. The molecule has 22 heavy (non-hydrogen) atoms. The molecule has 1 aromatic carbocycles. The monoisotopic (exact) mass is 298 g/mol. The highest BCUT2D eigenvalue weighted by Gasteiger charge is 2.28. The third-order valence-electron chi connectivity index (χ3n) is 3.97. The number of carbonyl (C=O) groups is 1. The number of para-hydroxylation sites is 1. The molecular weight excluding hydrogens is 280 g/mol. The summed E-state index contributed by atoms with van der Waals surface area (Å²) in [6, 6.07) is 8.98. The zero-order valence-electron chi connectivity index (χ0n) is 12.6. The largest absolute Gasteiger partial charge is 0.491 e. The van der Waals surface area contributed by atoms with Crippen LogP contribution in [0.25, 0.3) is 0 Å². The molecule has 2 heterocycles. The van der Waals surface area contributed by atoms with E-state index in [-0.39, 0.29) is 22.9 Å². The van der Waals surface area contributed by atoms with Crippen molar-refractivity contribution in [3.63, 3.8) is 0 Å². The molecule has 1 amide bonds. The van der Waals surface area contributed by atoms with E-state index in [0.717, 1.165) is 17.0 Å². The summed E-state index contributed by atoms with van der Waals surface area (Å²) >= 11 is 0. The third-order valence-corrected chi connectivity index (χ3v) is 3.97. The van der Waals surface area contributed by atoms with Gasteiger partial charge < -0.3 is 14.6 Å². The van der Waals surface area contributed by atoms with Crippen molar-refractivity contribution in [3.05, 3.63) is 63.6 Å².